The molecule has 4 nitrogen and oxygen atoms in total. The molecule has 0 aliphatic carbocycles. The number of hydrogen-bond acceptors (Lipinski definition) is 3. The van der Waals surface area contributed by atoms with Gasteiger partial charge in [-0.25, -0.2) is 4.79 Å². The monoisotopic (exact) mass is 268 g/mol. The average molecular weight is 268 g/mol. The minimum Gasteiger partial charge on any atom is -0.476 e. The van der Waals surface area contributed by atoms with Gasteiger partial charge in [-0.2, -0.15) is 5.10 Å². The summed E-state index contributed by atoms with van der Waals surface area (Å²) in [6.07, 6.45) is 0. The topological polar surface area (TPSA) is 61.7 Å². The van der Waals surface area contributed by atoms with Crippen LogP contribution in [0.4, 0.5) is 0 Å². The zero-order valence-electron chi connectivity index (χ0n) is 11.2. The van der Waals surface area contributed by atoms with E-state index in [-0.39, 0.29) is 5.71 Å². The van der Waals surface area contributed by atoms with Gasteiger partial charge in [0.2, 0.25) is 0 Å². The van der Waals surface area contributed by atoms with Crippen molar-refractivity contribution in [2.75, 3.05) is 0 Å². The molecule has 0 amide bonds. The molecule has 0 spiro atoms. The van der Waals surface area contributed by atoms with Crippen LogP contribution in [0.2, 0.25) is 0 Å². The molecular formula is C16H16N2O2. The van der Waals surface area contributed by atoms with Gasteiger partial charge in [0, 0.05) is 5.56 Å². The van der Waals surface area contributed by atoms with Crippen LogP contribution in [-0.2, 0) is 11.3 Å². The lowest BCUT2D eigenvalue weighted by Crippen LogP contribution is -2.20. The Morgan fingerprint density at radius 3 is 2.40 bits per heavy atom. The Hall–Kier alpha value is -2.62. The summed E-state index contributed by atoms with van der Waals surface area (Å²) in [7, 11) is 0. The quantitative estimate of drug-likeness (QED) is 0.647. The highest BCUT2D eigenvalue weighted by Crippen LogP contribution is 2.09. The standard InChI is InChI=1S/C16H16N2O2/c1-12-7-5-6-10-14(12)15(16(19)20)18-17-11-13-8-3-2-4-9-13/h2-10,17H,11H2,1H3,(H,19,20). The van der Waals surface area contributed by atoms with Crippen LogP contribution in [0, 0.1) is 6.92 Å². The predicted molar refractivity (Wildman–Crippen MR) is 78.6 cm³/mol. The maximum absolute atomic E-state index is 11.3. The van der Waals surface area contributed by atoms with Gasteiger partial charge < -0.3 is 10.5 Å². The fraction of sp³-hybridized carbons (Fsp3) is 0.125. The van der Waals surface area contributed by atoms with Crippen LogP contribution in [0.5, 0.6) is 0 Å². The van der Waals surface area contributed by atoms with Crippen molar-refractivity contribution in [1.82, 2.24) is 5.43 Å². The normalized spacial score (nSPS) is 11.2. The number of hydrogen-bond donors (Lipinski definition) is 2. The highest BCUT2D eigenvalue weighted by atomic mass is 16.4. The lowest BCUT2D eigenvalue weighted by atomic mass is 10.0. The molecule has 0 atom stereocenters. The molecule has 0 saturated heterocycles. The molecule has 0 aromatic heterocycles. The summed E-state index contributed by atoms with van der Waals surface area (Å²) in [5, 5.41) is 13.3. The Balaban J connectivity index is 2.15. The largest absolute Gasteiger partial charge is 0.476 e. The second-order valence-corrected chi connectivity index (χ2v) is 4.40. The number of hydrazone groups is 1. The lowest BCUT2D eigenvalue weighted by molar-refractivity contribution is -0.129. The fourth-order valence-electron chi connectivity index (χ4n) is 1.87. The van der Waals surface area contributed by atoms with E-state index in [2.05, 4.69) is 10.5 Å². The van der Waals surface area contributed by atoms with Crippen LogP contribution in [0.15, 0.2) is 59.7 Å². The third-order valence-corrected chi connectivity index (χ3v) is 2.92. The molecule has 2 N–H and O–H groups in total. The molecule has 0 saturated carbocycles. The van der Waals surface area contributed by atoms with Gasteiger partial charge in [-0.15, -0.1) is 0 Å². The number of carboxylic acids is 1. The van der Waals surface area contributed by atoms with E-state index in [0.717, 1.165) is 11.1 Å². The molecule has 0 unspecified atom stereocenters. The van der Waals surface area contributed by atoms with Crippen molar-refractivity contribution in [3.63, 3.8) is 0 Å². The number of carbonyl (C=O) groups is 1. The third kappa shape index (κ3) is 3.45. The van der Waals surface area contributed by atoms with E-state index in [0.29, 0.717) is 12.1 Å². The van der Waals surface area contributed by atoms with Crippen molar-refractivity contribution >= 4 is 11.7 Å². The van der Waals surface area contributed by atoms with Crippen LogP contribution in [0.3, 0.4) is 0 Å². The zero-order chi connectivity index (χ0) is 14.4. The van der Waals surface area contributed by atoms with Gasteiger partial charge >= 0.3 is 5.97 Å². The SMILES string of the molecule is Cc1ccccc1C(=NNCc1ccccc1)C(=O)O. The van der Waals surface area contributed by atoms with Crippen molar-refractivity contribution in [2.24, 2.45) is 5.10 Å². The number of rotatable bonds is 5. The first-order valence-corrected chi connectivity index (χ1v) is 6.32. The lowest BCUT2D eigenvalue weighted by Gasteiger charge is -2.06. The Bertz CT molecular complexity index is 621. The number of aryl methyl sites for hydroxylation is 1. The minimum absolute atomic E-state index is 0.0269. The molecule has 0 radical (unpaired) electrons. The van der Waals surface area contributed by atoms with Gasteiger partial charge in [0.25, 0.3) is 0 Å². The second kappa shape index (κ2) is 6.52. The summed E-state index contributed by atoms with van der Waals surface area (Å²) in [6, 6.07) is 17.0. The van der Waals surface area contributed by atoms with E-state index in [1.807, 2.05) is 49.4 Å². The highest BCUT2D eigenvalue weighted by Gasteiger charge is 2.14. The maximum Gasteiger partial charge on any atom is 0.356 e. The summed E-state index contributed by atoms with van der Waals surface area (Å²) >= 11 is 0. The van der Waals surface area contributed by atoms with E-state index in [4.69, 9.17) is 0 Å². The molecule has 2 rings (SSSR count). The average Bonchev–Trinajstić information content (AvgIpc) is 2.45. The molecule has 2 aromatic carbocycles. The van der Waals surface area contributed by atoms with Gasteiger partial charge in [0.15, 0.2) is 5.71 Å². The van der Waals surface area contributed by atoms with Crippen LogP contribution in [0.25, 0.3) is 0 Å². The molecule has 0 aliphatic heterocycles. The first-order valence-electron chi connectivity index (χ1n) is 6.32. The number of benzene rings is 2. The summed E-state index contributed by atoms with van der Waals surface area (Å²) in [6.45, 7) is 2.36. The van der Waals surface area contributed by atoms with E-state index in [9.17, 15) is 9.90 Å². The molecule has 102 valence electrons. The fourth-order valence-corrected chi connectivity index (χ4v) is 1.87. The Morgan fingerprint density at radius 2 is 1.75 bits per heavy atom. The van der Waals surface area contributed by atoms with E-state index < -0.39 is 5.97 Å². The summed E-state index contributed by atoms with van der Waals surface area (Å²) in [4.78, 5) is 11.3. The van der Waals surface area contributed by atoms with Crippen LogP contribution in [0.1, 0.15) is 16.7 Å². The second-order valence-electron chi connectivity index (χ2n) is 4.40. The first-order chi connectivity index (χ1) is 9.68. The van der Waals surface area contributed by atoms with E-state index in [1.54, 1.807) is 12.1 Å². The molecule has 0 heterocycles. The van der Waals surface area contributed by atoms with Crippen LogP contribution >= 0.6 is 0 Å². The molecule has 0 bridgehead atoms. The number of nitrogens with one attached hydrogen (secondary N) is 1. The van der Waals surface area contributed by atoms with Gasteiger partial charge in [-0.05, 0) is 18.1 Å². The van der Waals surface area contributed by atoms with Crippen molar-refractivity contribution in [3.05, 3.63) is 71.3 Å². The predicted octanol–water partition coefficient (Wildman–Crippen LogP) is 2.57. The molecule has 2 aromatic rings. The number of nitrogens with zero attached hydrogens (tertiary/aromatic N) is 1. The first kappa shape index (κ1) is 13.8. The van der Waals surface area contributed by atoms with Gasteiger partial charge in [-0.1, -0.05) is 54.6 Å². The molecule has 4 heteroatoms. The highest BCUT2D eigenvalue weighted by molar-refractivity contribution is 6.42. The van der Waals surface area contributed by atoms with E-state index in [1.165, 1.54) is 0 Å². The third-order valence-electron chi connectivity index (χ3n) is 2.92. The molecule has 20 heavy (non-hydrogen) atoms. The zero-order valence-corrected chi connectivity index (χ0v) is 11.2. The molecular weight excluding hydrogens is 252 g/mol. The smallest absolute Gasteiger partial charge is 0.356 e. The van der Waals surface area contributed by atoms with E-state index >= 15 is 0 Å². The summed E-state index contributed by atoms with van der Waals surface area (Å²) < 4.78 is 0. The van der Waals surface area contributed by atoms with Gasteiger partial charge in [-0.3, -0.25) is 0 Å². The Morgan fingerprint density at radius 1 is 1.10 bits per heavy atom. The van der Waals surface area contributed by atoms with Crippen molar-refractivity contribution in [2.45, 2.75) is 13.5 Å². The Labute approximate surface area is 117 Å². The van der Waals surface area contributed by atoms with Crippen molar-refractivity contribution < 1.29 is 9.90 Å². The molecule has 0 fully saturated rings. The van der Waals surface area contributed by atoms with Gasteiger partial charge in [0.1, 0.15) is 0 Å². The summed E-state index contributed by atoms with van der Waals surface area (Å²) in [5.41, 5.74) is 5.40. The number of aliphatic carboxylic acids is 1. The minimum atomic E-state index is -1.04. The maximum atomic E-state index is 11.3. The van der Waals surface area contributed by atoms with Crippen LogP contribution in [-0.4, -0.2) is 16.8 Å². The van der Waals surface area contributed by atoms with Crippen LogP contribution < -0.4 is 5.43 Å². The Kier molecular flexibility index (Phi) is 4.50. The van der Waals surface area contributed by atoms with Crippen molar-refractivity contribution in [1.29, 1.82) is 0 Å². The van der Waals surface area contributed by atoms with Crippen molar-refractivity contribution in [3.8, 4) is 0 Å². The molecule has 0 aliphatic rings. The summed E-state index contributed by atoms with van der Waals surface area (Å²) in [5.74, 6) is -1.04. The number of carboxylic acid groups (broad SMARTS) is 1. The van der Waals surface area contributed by atoms with Gasteiger partial charge in [0.05, 0.1) is 6.54 Å².